The first-order valence-electron chi connectivity index (χ1n) is 21.7. The second-order valence-corrected chi connectivity index (χ2v) is 18.0. The molecule has 348 valence electrons. The lowest BCUT2D eigenvalue weighted by Gasteiger charge is -2.25. The van der Waals surface area contributed by atoms with Crippen molar-refractivity contribution in [2.24, 2.45) is 0 Å². The summed E-state index contributed by atoms with van der Waals surface area (Å²) < 4.78 is 39.5. The van der Waals surface area contributed by atoms with Gasteiger partial charge in [0.2, 0.25) is 11.8 Å². The van der Waals surface area contributed by atoms with E-state index in [4.69, 9.17) is 63.1 Å². The van der Waals surface area contributed by atoms with Crippen molar-refractivity contribution in [2.45, 2.75) is 94.4 Å². The Kier molecular flexibility index (Phi) is 12.0. The van der Waals surface area contributed by atoms with E-state index in [9.17, 15) is 10.2 Å². The average Bonchev–Trinajstić information content (AvgIpc) is 4.14. The number of methoxy groups -OCH3 is 2. The predicted octanol–water partition coefficient (Wildman–Crippen LogP) is 6.75. The average molecular weight is 952 g/mol. The van der Waals surface area contributed by atoms with Gasteiger partial charge in [-0.2, -0.15) is 0 Å². The summed E-state index contributed by atoms with van der Waals surface area (Å²) in [5.41, 5.74) is 16.7. The molecule has 11 rings (SSSR count). The van der Waals surface area contributed by atoms with Crippen LogP contribution in [0.5, 0.6) is 11.8 Å². The molecule has 2 aromatic carbocycles. The molecule has 0 amide bonds. The highest BCUT2D eigenvalue weighted by atomic mass is 35.5. The van der Waals surface area contributed by atoms with Crippen LogP contribution >= 0.6 is 23.2 Å². The third-order valence-electron chi connectivity index (χ3n) is 12.5. The monoisotopic (exact) mass is 950 g/mol. The minimum atomic E-state index is -1.10. The molecule has 0 bridgehead atoms. The Hall–Kier alpha value is -5.96. The van der Waals surface area contributed by atoms with Crippen LogP contribution < -0.4 is 20.9 Å². The molecule has 0 radical (unpaired) electrons. The predicted molar refractivity (Wildman–Crippen MR) is 251 cm³/mol. The minimum Gasteiger partial charge on any atom is -0.480 e. The van der Waals surface area contributed by atoms with Crippen LogP contribution in [0, 0.1) is 0 Å². The highest BCUT2D eigenvalue weighted by molar-refractivity contribution is 6.33. The van der Waals surface area contributed by atoms with Crippen molar-refractivity contribution in [3.63, 3.8) is 0 Å². The lowest BCUT2D eigenvalue weighted by Crippen LogP contribution is -2.31. The van der Waals surface area contributed by atoms with Crippen LogP contribution in [-0.4, -0.2) is 106 Å². The van der Waals surface area contributed by atoms with E-state index in [-0.39, 0.29) is 30.4 Å². The Labute approximate surface area is 393 Å². The number of pyridine rings is 2. The second-order valence-electron chi connectivity index (χ2n) is 17.2. The normalized spacial score (nSPS) is 24.4. The Balaban J connectivity index is 0.000000157. The molecule has 20 heteroatoms. The zero-order valence-electron chi connectivity index (χ0n) is 36.9. The van der Waals surface area contributed by atoms with Crippen LogP contribution in [0.2, 0.25) is 10.0 Å². The number of aliphatic hydroxyl groups excluding tert-OH is 2. The molecule has 67 heavy (non-hydrogen) atoms. The van der Waals surface area contributed by atoms with Crippen LogP contribution in [0.25, 0.3) is 43.9 Å². The van der Waals surface area contributed by atoms with Gasteiger partial charge in [0.05, 0.1) is 58.3 Å². The number of ether oxygens (including phenoxy) is 6. The molecule has 9 heterocycles. The first-order chi connectivity index (χ1) is 32.3. The molecule has 3 fully saturated rings. The molecule has 0 spiro atoms. The lowest BCUT2D eigenvalue weighted by atomic mass is 10.0. The summed E-state index contributed by atoms with van der Waals surface area (Å²) in [7, 11) is 3.13. The van der Waals surface area contributed by atoms with E-state index >= 15 is 0 Å². The fraction of sp³-hybridized carbons (Fsp3) is 0.362. The van der Waals surface area contributed by atoms with Gasteiger partial charge < -0.3 is 59.2 Å². The van der Waals surface area contributed by atoms with Crippen molar-refractivity contribution in [2.75, 3.05) is 25.7 Å². The second kappa shape index (κ2) is 17.9. The molecule has 8 atom stereocenters. The number of hydrogen-bond acceptors (Lipinski definition) is 16. The highest BCUT2D eigenvalue weighted by Gasteiger charge is 2.55. The molecular formula is C47H48Cl2N10O8. The Morgan fingerprint density at radius 2 is 1.13 bits per heavy atom. The van der Waals surface area contributed by atoms with E-state index in [1.807, 2.05) is 67.1 Å². The number of aryl methyl sites for hydroxylation is 2. The maximum absolute atomic E-state index is 10.7. The molecule has 8 aromatic rings. The van der Waals surface area contributed by atoms with Crippen molar-refractivity contribution in [1.29, 1.82) is 0 Å². The van der Waals surface area contributed by atoms with E-state index in [0.29, 0.717) is 51.5 Å². The standard InChI is InChI=1S/C25H26ClN5O4.C22H22ClN5O4/c1-25(2)34-19-18(7-5-13-4-6-14-11-16(26)21(27)30-17(14)10-13)33-24(20(19)35-25)31-9-8-15-22(31)28-12-29-23(15)32-3;1-31-21-13-6-7-28(20(13)25-10-26-21)22-18(30)17(29)16(32-22)5-3-11-2-4-12-9-14(23)19(24)27-15(12)8-11/h4,6,8-12,18-20,24H,5,7H2,1-3H3,(H2,27,30);2,4,6-10,16-18,22,29-30H,3,5H2,1H3,(H2,24,27)/t18-,19-,20-,24-;16-,17-,18-,22-/m11/s1. The van der Waals surface area contributed by atoms with Gasteiger partial charge >= 0.3 is 0 Å². The van der Waals surface area contributed by atoms with E-state index in [1.54, 1.807) is 30.0 Å². The zero-order chi connectivity index (χ0) is 46.7. The number of anilines is 2. The number of nitrogen functional groups attached to an aromatic ring is 2. The summed E-state index contributed by atoms with van der Waals surface area (Å²) in [4.78, 5) is 25.8. The molecule has 6 aromatic heterocycles. The van der Waals surface area contributed by atoms with Crippen molar-refractivity contribution in [3.8, 4) is 11.8 Å². The summed E-state index contributed by atoms with van der Waals surface area (Å²) in [5.74, 6) is 0.880. The Morgan fingerprint density at radius 1 is 0.642 bits per heavy atom. The molecule has 0 saturated carbocycles. The molecule has 0 aliphatic carbocycles. The van der Waals surface area contributed by atoms with Gasteiger partial charge in [0.15, 0.2) is 18.2 Å². The zero-order valence-corrected chi connectivity index (χ0v) is 38.4. The van der Waals surface area contributed by atoms with Crippen LogP contribution in [0.15, 0.2) is 85.7 Å². The first kappa shape index (κ1) is 44.9. The molecule has 3 saturated heterocycles. The van der Waals surface area contributed by atoms with Gasteiger partial charge in [-0.1, -0.05) is 47.5 Å². The van der Waals surface area contributed by atoms with Gasteiger partial charge in [-0.25, -0.2) is 29.9 Å². The molecular weight excluding hydrogens is 903 g/mol. The van der Waals surface area contributed by atoms with Crippen molar-refractivity contribution >= 4 is 78.7 Å². The molecule has 6 N–H and O–H groups in total. The van der Waals surface area contributed by atoms with Crippen LogP contribution in [-0.2, 0) is 31.8 Å². The Bertz CT molecular complexity index is 3130. The molecule has 0 unspecified atom stereocenters. The fourth-order valence-corrected chi connectivity index (χ4v) is 9.60. The number of benzene rings is 2. The number of halogens is 2. The highest BCUT2D eigenvalue weighted by Crippen LogP contribution is 2.45. The largest absolute Gasteiger partial charge is 0.480 e. The van der Waals surface area contributed by atoms with E-state index < -0.39 is 30.3 Å². The third kappa shape index (κ3) is 8.52. The van der Waals surface area contributed by atoms with Gasteiger partial charge in [0.25, 0.3) is 0 Å². The van der Waals surface area contributed by atoms with Crippen LogP contribution in [0.1, 0.15) is 50.3 Å². The lowest BCUT2D eigenvalue weighted by molar-refractivity contribution is -0.196. The SMILES string of the molecule is COc1ncnc2c1ccn2[C@@H]1O[C@H](CCc2ccc3cc(Cl)c(N)nc3c2)[C@@H](O)[C@H]1O.COc1ncnc2c1ccn2[C@@H]1O[C@H](CCc2ccc3cc(Cl)c(N)nc3c2)[C@H]2OC(C)(C)O[C@H]21. The van der Waals surface area contributed by atoms with Crippen molar-refractivity contribution < 1.29 is 38.6 Å². The Morgan fingerprint density at radius 3 is 1.67 bits per heavy atom. The van der Waals surface area contributed by atoms with Crippen molar-refractivity contribution in [3.05, 3.63) is 107 Å². The summed E-state index contributed by atoms with van der Waals surface area (Å²) in [6.45, 7) is 3.87. The quantitative estimate of drug-likeness (QED) is 0.111. The number of nitrogens with zero attached hydrogens (tertiary/aromatic N) is 8. The third-order valence-corrected chi connectivity index (χ3v) is 13.1. The summed E-state index contributed by atoms with van der Waals surface area (Å²) in [6.07, 6.45) is 4.77. The van der Waals surface area contributed by atoms with Gasteiger partial charge in [0.1, 0.15) is 60.0 Å². The maximum Gasteiger partial charge on any atom is 0.225 e. The van der Waals surface area contributed by atoms with Gasteiger partial charge in [-0.3, -0.25) is 0 Å². The van der Waals surface area contributed by atoms with Gasteiger partial charge in [-0.15, -0.1) is 0 Å². The topological polar surface area (TPSA) is 235 Å². The molecule has 3 aliphatic heterocycles. The number of hydrogen-bond donors (Lipinski definition) is 4. The van der Waals surface area contributed by atoms with Crippen molar-refractivity contribution in [1.82, 2.24) is 39.0 Å². The van der Waals surface area contributed by atoms with Crippen LogP contribution in [0.3, 0.4) is 0 Å². The van der Waals surface area contributed by atoms with E-state index in [0.717, 1.165) is 56.8 Å². The van der Waals surface area contributed by atoms with E-state index in [1.165, 1.54) is 19.8 Å². The van der Waals surface area contributed by atoms with Gasteiger partial charge in [-0.05, 0) is 87.1 Å². The summed E-state index contributed by atoms with van der Waals surface area (Å²) in [5, 5.41) is 25.6. The molecule has 18 nitrogen and oxygen atoms in total. The maximum atomic E-state index is 10.7. The number of aromatic nitrogens is 8. The first-order valence-corrected chi connectivity index (χ1v) is 22.5. The fourth-order valence-electron chi connectivity index (χ4n) is 9.28. The van der Waals surface area contributed by atoms with E-state index in [2.05, 4.69) is 36.0 Å². The number of nitrogens with two attached hydrogens (primary N) is 2. The smallest absolute Gasteiger partial charge is 0.225 e. The molecule has 3 aliphatic rings. The number of rotatable bonds is 10. The summed E-state index contributed by atoms with van der Waals surface area (Å²) >= 11 is 12.2. The number of aliphatic hydroxyl groups is 2. The van der Waals surface area contributed by atoms with Crippen LogP contribution in [0.4, 0.5) is 11.6 Å². The number of fused-ring (bicyclic) bond motifs is 5. The van der Waals surface area contributed by atoms with Gasteiger partial charge in [0, 0.05) is 23.2 Å². The summed E-state index contributed by atoms with van der Waals surface area (Å²) in [6, 6.07) is 19.4. The minimum absolute atomic E-state index is 0.160.